The summed E-state index contributed by atoms with van der Waals surface area (Å²) in [5.74, 6) is -0.382. The standard InChI is InChI=1S/C48H52N8O9S/c1-27-5-2-3-6-32(27)35-7-4-14-54(35)30-20-48(21-30)25-53(26-48)36-9-8-33(45(49)57)43(55-38-17-29-10-13-50-46(29)52-47(38)65-41-24-63-23-39(41)55)44(36)66(60,61)31-18-37(56(58)59)42-40(19-31)64-22-34(51-42)28-11-15-62-16-12-28/h2-3,5-6,8-10,13,17-19,28,30,34-35,39,41,51H,4,7,11-12,14-16,20-26H2,1H3,(H2,49,57)(H,50,52)/t34-,35-,39-,41-/m0/s1. The molecule has 0 unspecified atom stereocenters. The van der Waals surface area contributed by atoms with Crippen LogP contribution in [0.15, 0.2) is 76.7 Å². The number of fused-ring (bicyclic) bond motifs is 4. The van der Waals surface area contributed by atoms with Gasteiger partial charge in [-0.1, -0.05) is 24.3 Å². The topological polar surface area (TPSA) is 208 Å². The number of nitrogens with one attached hydrogen (secondary N) is 2. The van der Waals surface area contributed by atoms with Crippen LogP contribution in [0.4, 0.5) is 28.4 Å². The maximum absolute atomic E-state index is 15.9. The minimum absolute atomic E-state index is 0.0298. The summed E-state index contributed by atoms with van der Waals surface area (Å²) in [5, 5.41) is 17.0. The van der Waals surface area contributed by atoms with Crippen LogP contribution in [0.1, 0.15) is 66.1 Å². The number of anilines is 4. The fourth-order valence-electron chi connectivity index (χ4n) is 12.1. The number of ether oxygens (including phenoxy) is 4. The molecule has 2 aromatic heterocycles. The van der Waals surface area contributed by atoms with Crippen molar-refractivity contribution in [2.75, 3.05) is 67.8 Å². The first-order chi connectivity index (χ1) is 32.0. The Kier molecular flexibility index (Phi) is 9.79. The minimum atomic E-state index is -4.74. The number of aromatic nitrogens is 2. The van der Waals surface area contributed by atoms with Gasteiger partial charge >= 0.3 is 0 Å². The van der Waals surface area contributed by atoms with Gasteiger partial charge in [0.05, 0.1) is 52.1 Å². The van der Waals surface area contributed by atoms with E-state index in [0.29, 0.717) is 55.4 Å². The lowest BCUT2D eigenvalue weighted by atomic mass is 9.60. The highest BCUT2D eigenvalue weighted by molar-refractivity contribution is 7.91. The van der Waals surface area contributed by atoms with Gasteiger partial charge in [0.15, 0.2) is 11.4 Å². The quantitative estimate of drug-likeness (QED) is 0.108. The number of pyridine rings is 1. The summed E-state index contributed by atoms with van der Waals surface area (Å²) >= 11 is 0. The van der Waals surface area contributed by atoms with Crippen molar-refractivity contribution in [2.24, 2.45) is 17.1 Å². The number of H-pyrrole nitrogens is 1. The number of aryl methyl sites for hydroxylation is 1. The molecule has 6 aliphatic heterocycles. The van der Waals surface area contributed by atoms with Crippen LogP contribution in [-0.4, -0.2) is 111 Å². The second-order valence-electron chi connectivity index (χ2n) is 19.3. The number of benzene rings is 3. The lowest BCUT2D eigenvalue weighted by molar-refractivity contribution is -0.384. The molecule has 4 atom stereocenters. The number of carbonyl (C=O) groups is 1. The summed E-state index contributed by atoms with van der Waals surface area (Å²) in [6.45, 7) is 6.14. The van der Waals surface area contributed by atoms with E-state index in [0.717, 1.165) is 56.5 Å². The number of amides is 1. The van der Waals surface area contributed by atoms with Crippen molar-refractivity contribution in [3.63, 3.8) is 0 Å². The SMILES string of the molecule is Cc1ccccc1[C@@H]1CCCN1C1CC2(C1)CN(c1ccc(C(N)=O)c(N3c4cc5cc[nH]c5nc4O[C@H]4COC[C@@H]43)c1S(=O)(=O)c1cc3c(c([N+](=O)[O-])c1)N[C@H](C1CCOCC1)CO3)C2. The van der Waals surface area contributed by atoms with Crippen molar-refractivity contribution >= 4 is 55.2 Å². The van der Waals surface area contributed by atoms with Crippen LogP contribution in [0, 0.1) is 28.4 Å². The molecule has 1 saturated carbocycles. The molecule has 0 radical (unpaired) electrons. The summed E-state index contributed by atoms with van der Waals surface area (Å²) in [5.41, 5.74) is 9.99. The van der Waals surface area contributed by atoms with Gasteiger partial charge in [0.25, 0.3) is 11.6 Å². The number of nitro groups is 1. The maximum Gasteiger partial charge on any atom is 0.297 e. The molecule has 12 rings (SSSR count). The molecule has 0 bridgehead atoms. The fourth-order valence-corrected chi connectivity index (χ4v) is 13.8. The summed E-state index contributed by atoms with van der Waals surface area (Å²) in [6.07, 6.45) is 6.95. The highest BCUT2D eigenvalue weighted by Crippen LogP contribution is 2.57. The lowest BCUT2D eigenvalue weighted by Gasteiger charge is -2.62. The third-order valence-corrected chi connectivity index (χ3v) is 17.2. The van der Waals surface area contributed by atoms with Crippen molar-refractivity contribution in [1.82, 2.24) is 14.9 Å². The lowest BCUT2D eigenvalue weighted by Crippen LogP contribution is -2.66. The highest BCUT2D eigenvalue weighted by Gasteiger charge is 2.56. The Morgan fingerprint density at radius 2 is 1.80 bits per heavy atom. The van der Waals surface area contributed by atoms with E-state index in [1.807, 2.05) is 12.1 Å². The van der Waals surface area contributed by atoms with Crippen molar-refractivity contribution in [2.45, 2.75) is 85.5 Å². The van der Waals surface area contributed by atoms with E-state index < -0.39 is 38.5 Å². The van der Waals surface area contributed by atoms with Gasteiger partial charge in [0, 0.05) is 67.5 Å². The Morgan fingerprint density at radius 3 is 2.59 bits per heavy atom. The molecular weight excluding hydrogens is 865 g/mol. The van der Waals surface area contributed by atoms with Gasteiger partial charge in [-0.3, -0.25) is 19.8 Å². The first-order valence-electron chi connectivity index (χ1n) is 23.1. The zero-order valence-electron chi connectivity index (χ0n) is 36.6. The molecule has 5 aromatic rings. The fraction of sp³-hybridized carbons (Fsp3) is 0.458. The molecule has 4 saturated heterocycles. The predicted octanol–water partition coefficient (Wildman–Crippen LogP) is 6.41. The number of hydrogen-bond donors (Lipinski definition) is 3. The van der Waals surface area contributed by atoms with Gasteiger partial charge in [0.1, 0.15) is 28.9 Å². The van der Waals surface area contributed by atoms with Gasteiger partial charge < -0.3 is 44.8 Å². The monoisotopic (exact) mass is 916 g/mol. The highest BCUT2D eigenvalue weighted by atomic mass is 32.2. The first-order valence-corrected chi connectivity index (χ1v) is 24.5. The van der Waals surface area contributed by atoms with E-state index in [1.54, 1.807) is 23.2 Å². The van der Waals surface area contributed by atoms with Crippen LogP contribution in [0.5, 0.6) is 11.6 Å². The van der Waals surface area contributed by atoms with Gasteiger partial charge in [-0.2, -0.15) is 4.98 Å². The number of aromatic amines is 1. The van der Waals surface area contributed by atoms with Crippen molar-refractivity contribution in [3.05, 3.63) is 93.7 Å². The molecule has 1 aliphatic carbocycles. The Bertz CT molecular complexity index is 2910. The van der Waals surface area contributed by atoms with Crippen LogP contribution in [-0.2, 0) is 19.3 Å². The number of sulfone groups is 1. The number of hydrogen-bond acceptors (Lipinski definition) is 14. The van der Waals surface area contributed by atoms with Crippen LogP contribution < -0.4 is 30.3 Å². The van der Waals surface area contributed by atoms with E-state index in [-0.39, 0.29) is 75.6 Å². The number of nitrogens with two attached hydrogens (primary N) is 1. The number of primary amides is 1. The normalized spacial score (nSPS) is 25.0. The summed E-state index contributed by atoms with van der Waals surface area (Å²) < 4.78 is 56.1. The third-order valence-electron chi connectivity index (χ3n) is 15.4. The average Bonchev–Trinajstić information content (AvgIpc) is 4.08. The van der Waals surface area contributed by atoms with E-state index >= 15 is 8.42 Å². The Hall–Kier alpha value is -5.95. The van der Waals surface area contributed by atoms with E-state index in [9.17, 15) is 14.9 Å². The van der Waals surface area contributed by atoms with Gasteiger partial charge in [-0.15, -0.1) is 0 Å². The molecule has 3 aromatic carbocycles. The Balaban J connectivity index is 0.970. The van der Waals surface area contributed by atoms with Gasteiger partial charge in [-0.05, 0) is 93.3 Å². The molecule has 344 valence electrons. The van der Waals surface area contributed by atoms with E-state index in [4.69, 9.17) is 29.7 Å². The zero-order chi connectivity index (χ0) is 45.1. The third kappa shape index (κ3) is 6.61. The van der Waals surface area contributed by atoms with Gasteiger partial charge in [0.2, 0.25) is 15.7 Å². The van der Waals surface area contributed by atoms with Crippen LogP contribution in [0.25, 0.3) is 11.0 Å². The molecular formula is C48H52N8O9S. The minimum Gasteiger partial charge on any atom is -0.489 e. The molecule has 4 N–H and O–H groups in total. The molecule has 18 heteroatoms. The van der Waals surface area contributed by atoms with E-state index in [1.165, 1.54) is 17.2 Å². The average molecular weight is 917 g/mol. The van der Waals surface area contributed by atoms with Crippen molar-refractivity contribution < 1.29 is 37.1 Å². The number of nitro benzene ring substituents is 1. The van der Waals surface area contributed by atoms with Crippen LogP contribution >= 0.6 is 0 Å². The van der Waals surface area contributed by atoms with Crippen molar-refractivity contribution in [1.29, 1.82) is 0 Å². The molecule has 66 heavy (non-hydrogen) atoms. The largest absolute Gasteiger partial charge is 0.489 e. The molecule has 5 fully saturated rings. The summed E-state index contributed by atoms with van der Waals surface area (Å²) in [4.78, 5) is 40.0. The van der Waals surface area contributed by atoms with Crippen LogP contribution in [0.2, 0.25) is 0 Å². The predicted molar refractivity (Wildman–Crippen MR) is 245 cm³/mol. The Labute approximate surface area is 381 Å². The second kappa shape index (κ2) is 15.6. The molecule has 8 heterocycles. The first kappa shape index (κ1) is 41.5. The van der Waals surface area contributed by atoms with E-state index in [2.05, 4.69) is 51.3 Å². The molecule has 1 amide bonds. The van der Waals surface area contributed by atoms with Crippen molar-refractivity contribution in [3.8, 4) is 11.6 Å². The number of likely N-dealkylation sites (tertiary alicyclic amines) is 1. The summed E-state index contributed by atoms with van der Waals surface area (Å²) in [7, 11) is -4.74. The maximum atomic E-state index is 15.9. The number of rotatable bonds is 9. The second-order valence-corrected chi connectivity index (χ2v) is 21.2. The summed E-state index contributed by atoms with van der Waals surface area (Å²) in [6, 6.07) is 18.1. The Morgan fingerprint density at radius 1 is 0.985 bits per heavy atom. The molecule has 17 nitrogen and oxygen atoms in total. The number of nitrogens with zero attached hydrogens (tertiary/aromatic N) is 5. The number of carbonyl (C=O) groups excluding carboxylic acids is 1. The molecule has 7 aliphatic rings. The zero-order valence-corrected chi connectivity index (χ0v) is 37.4. The smallest absolute Gasteiger partial charge is 0.297 e. The van der Waals surface area contributed by atoms with Gasteiger partial charge in [-0.25, -0.2) is 8.42 Å². The van der Waals surface area contributed by atoms with Crippen LogP contribution in [0.3, 0.4) is 0 Å². The molecule has 1 spiro atoms.